The van der Waals surface area contributed by atoms with Gasteiger partial charge in [-0.15, -0.1) is 0 Å². The fraction of sp³-hybridized carbons (Fsp3) is 0.400. The van der Waals surface area contributed by atoms with Gasteiger partial charge in [-0.25, -0.2) is 0 Å². The first kappa shape index (κ1) is 14.4. The van der Waals surface area contributed by atoms with Gasteiger partial charge in [-0.3, -0.25) is 4.79 Å². The molecular weight excluding hydrogens is 258 g/mol. The second-order valence-corrected chi connectivity index (χ2v) is 4.99. The van der Waals surface area contributed by atoms with E-state index in [1.54, 1.807) is 6.08 Å². The van der Waals surface area contributed by atoms with Crippen LogP contribution in [-0.2, 0) is 4.79 Å². The summed E-state index contributed by atoms with van der Waals surface area (Å²) >= 11 is 0. The lowest BCUT2D eigenvalue weighted by Gasteiger charge is -2.18. The molecule has 0 saturated heterocycles. The van der Waals surface area contributed by atoms with Crippen molar-refractivity contribution in [3.05, 3.63) is 29.8 Å². The van der Waals surface area contributed by atoms with Gasteiger partial charge in [0, 0.05) is 6.08 Å². The zero-order valence-electron chi connectivity index (χ0n) is 11.6. The second-order valence-electron chi connectivity index (χ2n) is 4.99. The van der Waals surface area contributed by atoms with Crippen molar-refractivity contribution in [2.75, 3.05) is 13.4 Å². The van der Waals surface area contributed by atoms with Crippen LogP contribution in [0.25, 0.3) is 6.08 Å². The summed E-state index contributed by atoms with van der Waals surface area (Å²) in [6.07, 6.45) is 3.15. The third-order valence-corrected chi connectivity index (χ3v) is 3.15. The predicted octanol–water partition coefficient (Wildman–Crippen LogP) is 1.56. The van der Waals surface area contributed by atoms with E-state index in [1.165, 1.54) is 6.08 Å². The lowest BCUT2D eigenvalue weighted by Crippen LogP contribution is -2.40. The highest BCUT2D eigenvalue weighted by atomic mass is 16.7. The maximum Gasteiger partial charge on any atom is 0.244 e. The molecule has 0 aliphatic carbocycles. The Bertz CT molecular complexity index is 511. The van der Waals surface area contributed by atoms with Crippen molar-refractivity contribution >= 4 is 12.0 Å². The zero-order valence-corrected chi connectivity index (χ0v) is 11.6. The Labute approximate surface area is 118 Å². The minimum absolute atomic E-state index is 0.0682. The zero-order chi connectivity index (χ0) is 14.5. The number of rotatable bonds is 5. The van der Waals surface area contributed by atoms with E-state index in [0.717, 1.165) is 5.56 Å². The molecule has 5 heteroatoms. The van der Waals surface area contributed by atoms with Crippen molar-refractivity contribution in [3.8, 4) is 11.5 Å². The summed E-state index contributed by atoms with van der Waals surface area (Å²) in [5.41, 5.74) is 0.856. The molecule has 0 aromatic heterocycles. The third kappa shape index (κ3) is 3.51. The third-order valence-electron chi connectivity index (χ3n) is 3.15. The minimum Gasteiger partial charge on any atom is -0.454 e. The molecule has 108 valence electrons. The summed E-state index contributed by atoms with van der Waals surface area (Å²) in [6, 6.07) is 5.25. The Balaban J connectivity index is 1.97. The number of hydrogen-bond donors (Lipinski definition) is 2. The number of ether oxygens (including phenoxy) is 2. The molecule has 0 radical (unpaired) electrons. The number of carbonyl (C=O) groups excluding carboxylic acids is 1. The van der Waals surface area contributed by atoms with Gasteiger partial charge in [0.05, 0.1) is 12.6 Å². The number of carbonyl (C=O) groups is 1. The van der Waals surface area contributed by atoms with Crippen LogP contribution in [0.5, 0.6) is 11.5 Å². The Morgan fingerprint density at radius 1 is 1.40 bits per heavy atom. The molecule has 1 unspecified atom stereocenters. The van der Waals surface area contributed by atoms with Gasteiger partial charge in [-0.05, 0) is 29.7 Å². The monoisotopic (exact) mass is 277 g/mol. The number of nitrogens with one attached hydrogen (secondary N) is 1. The van der Waals surface area contributed by atoms with Crippen LogP contribution in [0.3, 0.4) is 0 Å². The molecular formula is C15H19NO4. The van der Waals surface area contributed by atoms with Crippen molar-refractivity contribution in [1.29, 1.82) is 0 Å². The van der Waals surface area contributed by atoms with Crippen molar-refractivity contribution in [1.82, 2.24) is 5.32 Å². The molecule has 1 heterocycles. The number of hydrogen-bond acceptors (Lipinski definition) is 4. The van der Waals surface area contributed by atoms with E-state index in [0.29, 0.717) is 11.5 Å². The minimum atomic E-state index is -0.232. The first-order valence-corrected chi connectivity index (χ1v) is 6.59. The van der Waals surface area contributed by atoms with E-state index < -0.39 is 0 Å². The maximum atomic E-state index is 11.8. The van der Waals surface area contributed by atoms with Gasteiger partial charge in [0.25, 0.3) is 0 Å². The second kappa shape index (κ2) is 6.43. The van der Waals surface area contributed by atoms with Crippen LogP contribution in [0.2, 0.25) is 0 Å². The molecule has 1 aromatic rings. The Hall–Kier alpha value is -2.01. The lowest BCUT2D eigenvalue weighted by molar-refractivity contribution is -0.117. The van der Waals surface area contributed by atoms with Gasteiger partial charge in [0.1, 0.15) is 0 Å². The van der Waals surface area contributed by atoms with Crippen LogP contribution < -0.4 is 14.8 Å². The topological polar surface area (TPSA) is 67.8 Å². The molecule has 2 rings (SSSR count). The van der Waals surface area contributed by atoms with E-state index in [9.17, 15) is 4.79 Å². The molecule has 0 saturated carbocycles. The molecule has 5 nitrogen and oxygen atoms in total. The van der Waals surface area contributed by atoms with Gasteiger partial charge < -0.3 is 19.9 Å². The van der Waals surface area contributed by atoms with Gasteiger partial charge >= 0.3 is 0 Å². The van der Waals surface area contributed by atoms with Crippen LogP contribution in [0.4, 0.5) is 0 Å². The molecule has 20 heavy (non-hydrogen) atoms. The first-order valence-electron chi connectivity index (χ1n) is 6.59. The van der Waals surface area contributed by atoms with Crippen LogP contribution >= 0.6 is 0 Å². The van der Waals surface area contributed by atoms with Crippen LogP contribution in [0.1, 0.15) is 19.4 Å². The summed E-state index contributed by atoms with van der Waals surface area (Å²) < 4.78 is 10.5. The number of benzene rings is 1. The average Bonchev–Trinajstić information content (AvgIpc) is 2.89. The number of aliphatic hydroxyl groups is 1. The quantitative estimate of drug-likeness (QED) is 0.802. The highest BCUT2D eigenvalue weighted by molar-refractivity contribution is 5.92. The first-order chi connectivity index (χ1) is 9.60. The van der Waals surface area contributed by atoms with Crippen LogP contribution in [0, 0.1) is 5.92 Å². The van der Waals surface area contributed by atoms with E-state index in [-0.39, 0.29) is 31.3 Å². The SMILES string of the molecule is CC(C)C(CO)NC(=O)C=Cc1ccc2c(c1)OCO2. The number of aliphatic hydroxyl groups excluding tert-OH is 1. The van der Waals surface area contributed by atoms with Crippen molar-refractivity contribution in [2.24, 2.45) is 5.92 Å². The molecule has 1 aliphatic rings. The lowest BCUT2D eigenvalue weighted by atomic mass is 10.1. The van der Waals surface area contributed by atoms with Crippen molar-refractivity contribution in [3.63, 3.8) is 0 Å². The summed E-state index contributed by atoms with van der Waals surface area (Å²) in [6.45, 7) is 4.06. The van der Waals surface area contributed by atoms with Gasteiger partial charge in [-0.2, -0.15) is 0 Å². The smallest absolute Gasteiger partial charge is 0.244 e. The Morgan fingerprint density at radius 2 is 2.15 bits per heavy atom. The van der Waals surface area contributed by atoms with E-state index in [4.69, 9.17) is 14.6 Å². The van der Waals surface area contributed by atoms with Crippen molar-refractivity contribution < 1.29 is 19.4 Å². The fourth-order valence-electron chi connectivity index (χ4n) is 1.84. The summed E-state index contributed by atoms with van der Waals surface area (Å²) in [7, 11) is 0. The Morgan fingerprint density at radius 3 is 2.85 bits per heavy atom. The largest absolute Gasteiger partial charge is 0.454 e. The van der Waals surface area contributed by atoms with Gasteiger partial charge in [0.15, 0.2) is 11.5 Å². The normalized spacial score (nSPS) is 14.8. The highest BCUT2D eigenvalue weighted by Gasteiger charge is 2.14. The average molecular weight is 277 g/mol. The molecule has 0 fully saturated rings. The molecule has 0 spiro atoms. The van der Waals surface area contributed by atoms with E-state index in [2.05, 4.69) is 5.32 Å². The standard InChI is InChI=1S/C15H19NO4/c1-10(2)12(8-17)16-15(18)6-4-11-3-5-13-14(7-11)20-9-19-13/h3-7,10,12,17H,8-9H2,1-2H3,(H,16,18). The molecule has 0 bridgehead atoms. The fourth-order valence-corrected chi connectivity index (χ4v) is 1.84. The number of amides is 1. The number of fused-ring (bicyclic) bond motifs is 1. The predicted molar refractivity (Wildman–Crippen MR) is 75.5 cm³/mol. The van der Waals surface area contributed by atoms with Gasteiger partial charge in [0.2, 0.25) is 12.7 Å². The molecule has 2 N–H and O–H groups in total. The maximum absolute atomic E-state index is 11.8. The van der Waals surface area contributed by atoms with Gasteiger partial charge in [-0.1, -0.05) is 19.9 Å². The molecule has 1 amide bonds. The molecule has 1 aliphatic heterocycles. The highest BCUT2D eigenvalue weighted by Crippen LogP contribution is 2.32. The summed E-state index contributed by atoms with van der Waals surface area (Å²) in [5.74, 6) is 1.35. The summed E-state index contributed by atoms with van der Waals surface area (Å²) in [5, 5.41) is 11.9. The van der Waals surface area contributed by atoms with Crippen molar-refractivity contribution in [2.45, 2.75) is 19.9 Å². The molecule has 1 atom stereocenters. The Kier molecular flexibility index (Phi) is 4.63. The van der Waals surface area contributed by atoms with Crippen LogP contribution in [-0.4, -0.2) is 30.5 Å². The van der Waals surface area contributed by atoms with Crippen LogP contribution in [0.15, 0.2) is 24.3 Å². The molecule has 1 aromatic carbocycles. The summed E-state index contributed by atoms with van der Waals surface area (Å²) in [4.78, 5) is 11.8. The van der Waals surface area contributed by atoms with E-state index in [1.807, 2.05) is 32.0 Å². The van der Waals surface area contributed by atoms with E-state index >= 15 is 0 Å².